The van der Waals surface area contributed by atoms with Crippen LogP contribution in [0.1, 0.15) is 16.1 Å². The standard InChI is InChI=1S/C10H12N2O3/c13-10(14)7-1-2-8(11-3-7)4-12-9-5-15-6-9/h1-3,9,12H,4-6H2,(H,13,14). The lowest BCUT2D eigenvalue weighted by Gasteiger charge is -2.26. The fourth-order valence-electron chi connectivity index (χ4n) is 1.26. The molecule has 2 rings (SSSR count). The minimum Gasteiger partial charge on any atom is -0.478 e. The molecule has 1 aliphatic rings. The van der Waals surface area contributed by atoms with Gasteiger partial charge in [0.25, 0.3) is 0 Å². The van der Waals surface area contributed by atoms with Crippen molar-refractivity contribution in [2.45, 2.75) is 12.6 Å². The molecule has 0 saturated carbocycles. The SMILES string of the molecule is O=C(O)c1ccc(CNC2COC2)nc1. The Morgan fingerprint density at radius 3 is 2.87 bits per heavy atom. The third-order valence-corrected chi connectivity index (χ3v) is 2.28. The molecular weight excluding hydrogens is 196 g/mol. The van der Waals surface area contributed by atoms with Gasteiger partial charge in [0.05, 0.1) is 30.5 Å². The first kappa shape index (κ1) is 10.1. The zero-order chi connectivity index (χ0) is 10.7. The summed E-state index contributed by atoms with van der Waals surface area (Å²) in [4.78, 5) is 14.6. The van der Waals surface area contributed by atoms with E-state index in [4.69, 9.17) is 9.84 Å². The highest BCUT2D eigenvalue weighted by Crippen LogP contribution is 2.03. The average molecular weight is 208 g/mol. The molecule has 0 atom stereocenters. The maximum Gasteiger partial charge on any atom is 0.337 e. The number of pyridine rings is 1. The Kier molecular flexibility index (Phi) is 2.94. The minimum absolute atomic E-state index is 0.214. The number of carboxylic acid groups (broad SMARTS) is 1. The number of nitrogens with zero attached hydrogens (tertiary/aromatic N) is 1. The maximum absolute atomic E-state index is 10.6. The summed E-state index contributed by atoms with van der Waals surface area (Å²) in [6, 6.07) is 3.69. The van der Waals surface area contributed by atoms with Crippen molar-refractivity contribution in [3.63, 3.8) is 0 Å². The van der Waals surface area contributed by atoms with E-state index in [0.717, 1.165) is 18.9 Å². The zero-order valence-electron chi connectivity index (χ0n) is 8.14. The number of ether oxygens (including phenoxy) is 1. The summed E-state index contributed by atoms with van der Waals surface area (Å²) < 4.78 is 5.01. The van der Waals surface area contributed by atoms with Gasteiger partial charge in [-0.25, -0.2) is 4.79 Å². The lowest BCUT2D eigenvalue weighted by Crippen LogP contribution is -2.45. The summed E-state index contributed by atoms with van der Waals surface area (Å²) in [5, 5.41) is 11.9. The third kappa shape index (κ3) is 2.51. The molecule has 0 aromatic carbocycles. The first-order valence-electron chi connectivity index (χ1n) is 4.75. The molecule has 0 amide bonds. The van der Waals surface area contributed by atoms with Crippen LogP contribution in [0.25, 0.3) is 0 Å². The molecule has 2 N–H and O–H groups in total. The Hall–Kier alpha value is -1.46. The summed E-state index contributed by atoms with van der Waals surface area (Å²) in [5.41, 5.74) is 1.05. The fourth-order valence-corrected chi connectivity index (χ4v) is 1.26. The molecule has 0 radical (unpaired) electrons. The lowest BCUT2D eigenvalue weighted by atomic mass is 10.2. The van der Waals surface area contributed by atoms with Gasteiger partial charge in [0.1, 0.15) is 0 Å². The van der Waals surface area contributed by atoms with E-state index in [0.29, 0.717) is 12.6 Å². The van der Waals surface area contributed by atoms with Crippen LogP contribution in [-0.2, 0) is 11.3 Å². The average Bonchev–Trinajstić information content (AvgIpc) is 2.16. The quantitative estimate of drug-likeness (QED) is 0.743. The maximum atomic E-state index is 10.6. The summed E-state index contributed by atoms with van der Waals surface area (Å²) in [6.07, 6.45) is 1.37. The van der Waals surface area contributed by atoms with Crippen molar-refractivity contribution in [3.05, 3.63) is 29.6 Å². The Labute approximate surface area is 87.1 Å². The molecule has 1 aromatic rings. The molecule has 80 valence electrons. The van der Waals surface area contributed by atoms with Gasteiger partial charge < -0.3 is 15.2 Å². The summed E-state index contributed by atoms with van der Waals surface area (Å²) in [7, 11) is 0. The molecule has 5 nitrogen and oxygen atoms in total. The van der Waals surface area contributed by atoms with Crippen molar-refractivity contribution in [3.8, 4) is 0 Å². The van der Waals surface area contributed by atoms with E-state index in [1.165, 1.54) is 6.20 Å². The summed E-state index contributed by atoms with van der Waals surface area (Å²) in [5.74, 6) is -0.950. The molecule has 15 heavy (non-hydrogen) atoms. The van der Waals surface area contributed by atoms with Gasteiger partial charge in [-0.1, -0.05) is 0 Å². The first-order chi connectivity index (χ1) is 7.25. The fraction of sp³-hybridized carbons (Fsp3) is 0.400. The van der Waals surface area contributed by atoms with E-state index in [1.807, 2.05) is 0 Å². The second-order valence-corrected chi connectivity index (χ2v) is 3.46. The van der Waals surface area contributed by atoms with Gasteiger partial charge in [0.2, 0.25) is 0 Å². The number of nitrogens with one attached hydrogen (secondary N) is 1. The van der Waals surface area contributed by atoms with E-state index in [9.17, 15) is 4.79 Å². The topological polar surface area (TPSA) is 71.5 Å². The van der Waals surface area contributed by atoms with E-state index < -0.39 is 5.97 Å². The van der Waals surface area contributed by atoms with Crippen molar-refractivity contribution in [2.24, 2.45) is 0 Å². The molecule has 1 fully saturated rings. The number of hydrogen-bond donors (Lipinski definition) is 2. The highest BCUT2D eigenvalue weighted by atomic mass is 16.5. The van der Waals surface area contributed by atoms with Crippen molar-refractivity contribution in [2.75, 3.05) is 13.2 Å². The lowest BCUT2D eigenvalue weighted by molar-refractivity contribution is -0.00590. The van der Waals surface area contributed by atoms with E-state index in [2.05, 4.69) is 10.3 Å². The van der Waals surface area contributed by atoms with Crippen molar-refractivity contribution < 1.29 is 14.6 Å². The Morgan fingerprint density at radius 1 is 1.60 bits per heavy atom. The van der Waals surface area contributed by atoms with Gasteiger partial charge in [-0.15, -0.1) is 0 Å². The van der Waals surface area contributed by atoms with Crippen LogP contribution in [0.5, 0.6) is 0 Å². The summed E-state index contributed by atoms with van der Waals surface area (Å²) >= 11 is 0. The largest absolute Gasteiger partial charge is 0.478 e. The predicted octanol–water partition coefficient (Wildman–Crippen LogP) is 0.268. The number of carboxylic acids is 1. The molecule has 1 aromatic heterocycles. The van der Waals surface area contributed by atoms with Crippen LogP contribution < -0.4 is 5.32 Å². The first-order valence-corrected chi connectivity index (χ1v) is 4.75. The zero-order valence-corrected chi connectivity index (χ0v) is 8.14. The minimum atomic E-state index is -0.950. The highest BCUT2D eigenvalue weighted by molar-refractivity contribution is 5.87. The van der Waals surface area contributed by atoms with Gasteiger partial charge in [-0.2, -0.15) is 0 Å². The Bertz CT molecular complexity index is 346. The van der Waals surface area contributed by atoms with Crippen molar-refractivity contribution in [1.29, 1.82) is 0 Å². The van der Waals surface area contributed by atoms with Gasteiger partial charge in [-0.05, 0) is 12.1 Å². The molecule has 2 heterocycles. The smallest absolute Gasteiger partial charge is 0.337 e. The van der Waals surface area contributed by atoms with Crippen LogP contribution >= 0.6 is 0 Å². The number of aromatic nitrogens is 1. The van der Waals surface area contributed by atoms with Crippen molar-refractivity contribution in [1.82, 2.24) is 10.3 Å². The number of carbonyl (C=O) groups is 1. The number of rotatable bonds is 4. The number of aromatic carboxylic acids is 1. The molecule has 0 bridgehead atoms. The van der Waals surface area contributed by atoms with Crippen LogP contribution in [-0.4, -0.2) is 35.3 Å². The second-order valence-electron chi connectivity index (χ2n) is 3.46. The van der Waals surface area contributed by atoms with E-state index in [-0.39, 0.29) is 5.56 Å². The molecule has 5 heteroatoms. The monoisotopic (exact) mass is 208 g/mol. The third-order valence-electron chi connectivity index (χ3n) is 2.28. The van der Waals surface area contributed by atoms with Crippen LogP contribution in [0.3, 0.4) is 0 Å². The molecule has 0 unspecified atom stereocenters. The Balaban J connectivity index is 1.88. The van der Waals surface area contributed by atoms with Crippen LogP contribution in [0, 0.1) is 0 Å². The predicted molar refractivity (Wildman–Crippen MR) is 52.6 cm³/mol. The highest BCUT2D eigenvalue weighted by Gasteiger charge is 2.17. The van der Waals surface area contributed by atoms with Gasteiger partial charge >= 0.3 is 5.97 Å². The molecule has 0 aliphatic carbocycles. The number of hydrogen-bond acceptors (Lipinski definition) is 4. The van der Waals surface area contributed by atoms with Crippen LogP contribution in [0.4, 0.5) is 0 Å². The van der Waals surface area contributed by atoms with Gasteiger partial charge in [-0.3, -0.25) is 4.98 Å². The normalized spacial score (nSPS) is 16.0. The molecule has 1 aliphatic heterocycles. The van der Waals surface area contributed by atoms with Crippen LogP contribution in [0.2, 0.25) is 0 Å². The molecule has 0 spiro atoms. The second kappa shape index (κ2) is 4.37. The van der Waals surface area contributed by atoms with E-state index in [1.54, 1.807) is 12.1 Å². The van der Waals surface area contributed by atoms with E-state index >= 15 is 0 Å². The Morgan fingerprint density at radius 2 is 2.40 bits per heavy atom. The van der Waals surface area contributed by atoms with Crippen molar-refractivity contribution >= 4 is 5.97 Å². The molecule has 1 saturated heterocycles. The summed E-state index contributed by atoms with van der Waals surface area (Å²) in [6.45, 7) is 2.13. The van der Waals surface area contributed by atoms with Gasteiger partial charge in [0.15, 0.2) is 0 Å². The van der Waals surface area contributed by atoms with Gasteiger partial charge in [0, 0.05) is 12.7 Å². The van der Waals surface area contributed by atoms with Crippen LogP contribution in [0.15, 0.2) is 18.3 Å². The molecular formula is C10H12N2O3.